The van der Waals surface area contributed by atoms with Crippen LogP contribution in [0.2, 0.25) is 5.02 Å². The monoisotopic (exact) mass is 441 g/mol. The van der Waals surface area contributed by atoms with Gasteiger partial charge in [-0.2, -0.15) is 8.42 Å². The van der Waals surface area contributed by atoms with Crippen LogP contribution in [0.15, 0.2) is 71.6 Å². The predicted octanol–water partition coefficient (Wildman–Crippen LogP) is 3.22. The molecule has 3 aromatic carbocycles. The number of imide groups is 1. The van der Waals surface area contributed by atoms with Crippen LogP contribution in [0.5, 0.6) is 5.75 Å². The highest BCUT2D eigenvalue weighted by Crippen LogP contribution is 2.24. The Bertz CT molecular complexity index is 1300. The van der Waals surface area contributed by atoms with Crippen molar-refractivity contribution < 1.29 is 27.0 Å². The van der Waals surface area contributed by atoms with Crippen LogP contribution < -0.4 is 9.50 Å². The molecule has 4 rings (SSSR count). The summed E-state index contributed by atoms with van der Waals surface area (Å²) in [6, 6.07) is 15.5. The molecule has 0 aliphatic carbocycles. The van der Waals surface area contributed by atoms with Crippen LogP contribution in [0.4, 0.5) is 0 Å². The lowest BCUT2D eigenvalue weighted by atomic mass is 10.0. The number of amides is 2. The van der Waals surface area contributed by atoms with Crippen LogP contribution in [-0.4, -0.2) is 26.0 Å². The number of hydrogen-bond acceptors (Lipinski definition) is 6. The fourth-order valence-electron chi connectivity index (χ4n) is 2.91. The molecule has 1 N–H and O–H groups in total. The van der Waals surface area contributed by atoms with Gasteiger partial charge in [-0.1, -0.05) is 11.6 Å². The zero-order valence-electron chi connectivity index (χ0n) is 15.1. The number of benzene rings is 3. The Kier molecular flexibility index (Phi) is 4.89. The van der Waals surface area contributed by atoms with Crippen LogP contribution in [0.1, 0.15) is 36.6 Å². The summed E-state index contributed by atoms with van der Waals surface area (Å²) >= 11 is 5.82. The molecule has 30 heavy (non-hydrogen) atoms. The molecule has 0 atom stereocenters. The van der Waals surface area contributed by atoms with Gasteiger partial charge in [0.1, 0.15) is 10.6 Å². The molecular weight excluding hydrogens is 430 g/mol. The Morgan fingerprint density at radius 2 is 1.37 bits per heavy atom. The number of nitrogens with one attached hydrogen (secondary N) is 1. The molecule has 0 aromatic heterocycles. The van der Waals surface area contributed by atoms with Gasteiger partial charge in [0.15, 0.2) is 5.78 Å². The lowest BCUT2D eigenvalue weighted by Gasteiger charge is -2.08. The van der Waals surface area contributed by atoms with Gasteiger partial charge in [0.05, 0.1) is 11.1 Å². The first-order valence-electron chi connectivity index (χ1n) is 8.59. The summed E-state index contributed by atoms with van der Waals surface area (Å²) < 4.78 is 30.2. The Hall–Kier alpha value is -3.49. The first-order chi connectivity index (χ1) is 14.2. The summed E-state index contributed by atoms with van der Waals surface area (Å²) in [7, 11) is -4.26. The highest BCUT2D eigenvalue weighted by molar-refractivity contribution is 7.87. The van der Waals surface area contributed by atoms with Gasteiger partial charge in [-0.15, -0.1) is 0 Å². The molecule has 0 saturated carbocycles. The average molecular weight is 442 g/mol. The minimum atomic E-state index is -4.26. The van der Waals surface area contributed by atoms with Gasteiger partial charge >= 0.3 is 10.1 Å². The molecule has 0 bridgehead atoms. The van der Waals surface area contributed by atoms with E-state index < -0.39 is 21.9 Å². The van der Waals surface area contributed by atoms with Crippen molar-refractivity contribution in [3.8, 4) is 5.75 Å². The van der Waals surface area contributed by atoms with E-state index in [9.17, 15) is 22.8 Å². The minimum Gasteiger partial charge on any atom is -0.379 e. The molecule has 0 saturated heterocycles. The maximum atomic E-state index is 12.5. The molecular formula is C21H12ClNO6S. The van der Waals surface area contributed by atoms with Crippen molar-refractivity contribution in [1.29, 1.82) is 0 Å². The Morgan fingerprint density at radius 1 is 0.800 bits per heavy atom. The molecule has 2 amide bonds. The number of ketones is 1. The van der Waals surface area contributed by atoms with Crippen molar-refractivity contribution >= 4 is 39.3 Å². The van der Waals surface area contributed by atoms with Crippen LogP contribution >= 0.6 is 11.6 Å². The molecule has 0 radical (unpaired) electrons. The van der Waals surface area contributed by atoms with Crippen molar-refractivity contribution in [3.05, 3.63) is 94.0 Å². The summed E-state index contributed by atoms with van der Waals surface area (Å²) in [5.41, 5.74) is 0.846. The van der Waals surface area contributed by atoms with Crippen molar-refractivity contribution in [3.63, 3.8) is 0 Å². The van der Waals surface area contributed by atoms with E-state index in [4.69, 9.17) is 15.8 Å². The van der Waals surface area contributed by atoms with Gasteiger partial charge in [-0.3, -0.25) is 19.7 Å². The Morgan fingerprint density at radius 3 is 2.00 bits per heavy atom. The van der Waals surface area contributed by atoms with Gasteiger partial charge in [0.25, 0.3) is 11.8 Å². The molecule has 9 heteroatoms. The largest absolute Gasteiger partial charge is 0.379 e. The number of carbonyl (C=O) groups excluding carboxylic acids is 3. The maximum absolute atomic E-state index is 12.5. The third-order valence-electron chi connectivity index (χ3n) is 4.42. The van der Waals surface area contributed by atoms with Crippen molar-refractivity contribution in [2.75, 3.05) is 0 Å². The standard InChI is InChI=1S/C21H12ClNO6S/c22-14-5-1-12(2-6-14)19(24)13-3-7-15(8-4-13)29-30(27,28)16-9-10-17-18(11-16)21(26)23-20(17)25/h1-11H,(H,23,25,26). The molecule has 7 nitrogen and oxygen atoms in total. The summed E-state index contributed by atoms with van der Waals surface area (Å²) in [4.78, 5) is 35.5. The van der Waals surface area contributed by atoms with E-state index in [-0.39, 0.29) is 27.6 Å². The molecule has 0 unspecified atom stereocenters. The highest BCUT2D eigenvalue weighted by atomic mass is 35.5. The molecule has 0 spiro atoms. The third kappa shape index (κ3) is 3.70. The number of carbonyl (C=O) groups is 3. The minimum absolute atomic E-state index is 0.0105. The lowest BCUT2D eigenvalue weighted by Crippen LogP contribution is -2.19. The third-order valence-corrected chi connectivity index (χ3v) is 5.92. The Balaban J connectivity index is 1.55. The van der Waals surface area contributed by atoms with Gasteiger partial charge in [0, 0.05) is 16.1 Å². The number of fused-ring (bicyclic) bond motifs is 1. The fraction of sp³-hybridized carbons (Fsp3) is 0. The number of rotatable bonds is 5. The van der Waals surface area contributed by atoms with Crippen molar-refractivity contribution in [1.82, 2.24) is 5.32 Å². The summed E-state index contributed by atoms with van der Waals surface area (Å²) in [5.74, 6) is -1.52. The van der Waals surface area contributed by atoms with E-state index in [1.54, 1.807) is 24.3 Å². The topological polar surface area (TPSA) is 107 Å². The van der Waals surface area contributed by atoms with Crippen LogP contribution in [0, 0.1) is 0 Å². The predicted molar refractivity (Wildman–Crippen MR) is 107 cm³/mol. The quantitative estimate of drug-likeness (QED) is 0.370. The van der Waals surface area contributed by atoms with Crippen molar-refractivity contribution in [2.45, 2.75) is 4.90 Å². The van der Waals surface area contributed by atoms with E-state index in [0.717, 1.165) is 6.07 Å². The zero-order valence-corrected chi connectivity index (χ0v) is 16.7. The number of hydrogen-bond donors (Lipinski definition) is 1. The average Bonchev–Trinajstić information content (AvgIpc) is 3.02. The summed E-state index contributed by atoms with van der Waals surface area (Å²) in [5, 5.41) is 2.60. The van der Waals surface area contributed by atoms with Gasteiger partial charge < -0.3 is 4.18 Å². The second-order valence-corrected chi connectivity index (χ2v) is 8.37. The van der Waals surface area contributed by atoms with E-state index >= 15 is 0 Å². The number of halogens is 1. The second-order valence-electron chi connectivity index (χ2n) is 6.39. The van der Waals surface area contributed by atoms with E-state index in [2.05, 4.69) is 5.32 Å². The van der Waals surface area contributed by atoms with E-state index in [0.29, 0.717) is 16.1 Å². The summed E-state index contributed by atoms with van der Waals surface area (Å²) in [6.07, 6.45) is 0. The molecule has 1 aliphatic rings. The first kappa shape index (κ1) is 19.8. The molecule has 0 fully saturated rings. The fourth-order valence-corrected chi connectivity index (χ4v) is 3.99. The molecule has 150 valence electrons. The zero-order chi connectivity index (χ0) is 21.5. The van der Waals surface area contributed by atoms with Gasteiger partial charge in [-0.05, 0) is 66.7 Å². The first-order valence-corrected chi connectivity index (χ1v) is 10.4. The lowest BCUT2D eigenvalue weighted by molar-refractivity contribution is 0.0878. The van der Waals surface area contributed by atoms with Crippen LogP contribution in [-0.2, 0) is 10.1 Å². The van der Waals surface area contributed by atoms with Crippen LogP contribution in [0.3, 0.4) is 0 Å². The van der Waals surface area contributed by atoms with Crippen LogP contribution in [0.25, 0.3) is 0 Å². The van der Waals surface area contributed by atoms with E-state index in [1.807, 2.05) is 0 Å². The van der Waals surface area contributed by atoms with Gasteiger partial charge in [-0.25, -0.2) is 0 Å². The maximum Gasteiger partial charge on any atom is 0.339 e. The molecule has 1 aliphatic heterocycles. The normalized spacial score (nSPS) is 13.0. The van der Waals surface area contributed by atoms with Gasteiger partial charge in [0.2, 0.25) is 0 Å². The van der Waals surface area contributed by atoms with Crippen molar-refractivity contribution in [2.24, 2.45) is 0 Å². The molecule has 1 heterocycles. The Labute approximate surface area is 176 Å². The molecule has 3 aromatic rings. The second kappa shape index (κ2) is 7.40. The highest BCUT2D eigenvalue weighted by Gasteiger charge is 2.29. The van der Waals surface area contributed by atoms with E-state index in [1.165, 1.54) is 36.4 Å². The summed E-state index contributed by atoms with van der Waals surface area (Å²) in [6.45, 7) is 0. The smallest absolute Gasteiger partial charge is 0.339 e. The SMILES string of the molecule is O=C(c1ccc(Cl)cc1)c1ccc(OS(=O)(=O)c2ccc3c(c2)C(=O)NC3=O)cc1.